The average molecular weight is 320 g/mol. The van der Waals surface area contributed by atoms with E-state index >= 15 is 0 Å². The Hall–Kier alpha value is -1.95. The molecule has 3 rings (SSSR count). The summed E-state index contributed by atoms with van der Waals surface area (Å²) >= 11 is 1.69. The molecule has 0 saturated heterocycles. The van der Waals surface area contributed by atoms with Crippen LogP contribution in [0.1, 0.15) is 40.0 Å². The number of aromatic nitrogens is 1. The summed E-state index contributed by atoms with van der Waals surface area (Å²) in [6.07, 6.45) is 3.03. The highest BCUT2D eigenvalue weighted by molar-refractivity contribution is 7.11. The van der Waals surface area contributed by atoms with Gasteiger partial charge in [-0.1, -0.05) is 6.07 Å². The molecule has 0 spiro atoms. The largest absolute Gasteiger partial charge is 0.505 e. The van der Waals surface area contributed by atoms with Crippen molar-refractivity contribution in [2.75, 3.05) is 0 Å². The van der Waals surface area contributed by atoms with Gasteiger partial charge in [0.05, 0.1) is 23.2 Å². The predicted octanol–water partition coefficient (Wildman–Crippen LogP) is 3.03. The number of amides is 1. The van der Waals surface area contributed by atoms with Crippen LogP contribution in [-0.4, -0.2) is 16.0 Å². The summed E-state index contributed by atoms with van der Waals surface area (Å²) in [5.74, 6) is -1.27. The Morgan fingerprint density at radius 3 is 3.14 bits per heavy atom. The van der Waals surface area contributed by atoms with Gasteiger partial charge in [-0.05, 0) is 43.9 Å². The summed E-state index contributed by atoms with van der Waals surface area (Å²) in [5.41, 5.74) is 1.53. The number of aryl methyl sites for hydroxylation is 2. The second kappa shape index (κ2) is 6.04. The highest BCUT2D eigenvalue weighted by Gasteiger charge is 2.25. The molecule has 1 aliphatic rings. The number of carbonyl (C=O) groups excluding carboxylic acids is 1. The lowest BCUT2D eigenvalue weighted by molar-refractivity contribution is -0.121. The maximum atomic E-state index is 13.3. The summed E-state index contributed by atoms with van der Waals surface area (Å²) in [6, 6.07) is 3.95. The Balaban J connectivity index is 1.68. The molecular formula is C16H17FN2O2S. The smallest absolute Gasteiger partial charge is 0.224 e. The number of aromatic hydroxyl groups is 1. The minimum absolute atomic E-state index is 0.0526. The number of hydrogen-bond acceptors (Lipinski definition) is 4. The fourth-order valence-corrected chi connectivity index (χ4v) is 3.81. The maximum Gasteiger partial charge on any atom is 0.224 e. The first-order valence-electron chi connectivity index (χ1n) is 7.26. The second-order valence-electron chi connectivity index (χ2n) is 5.52. The molecule has 0 saturated carbocycles. The van der Waals surface area contributed by atoms with Crippen molar-refractivity contribution in [3.05, 3.63) is 45.2 Å². The quantitative estimate of drug-likeness (QED) is 0.914. The van der Waals surface area contributed by atoms with E-state index in [2.05, 4.69) is 10.3 Å². The Morgan fingerprint density at radius 1 is 1.55 bits per heavy atom. The second-order valence-corrected chi connectivity index (χ2v) is 6.80. The normalized spacial score (nSPS) is 17.1. The number of benzene rings is 1. The van der Waals surface area contributed by atoms with Crippen molar-refractivity contribution >= 4 is 17.2 Å². The maximum absolute atomic E-state index is 13.3. The molecule has 1 aromatic carbocycles. The molecule has 22 heavy (non-hydrogen) atoms. The SMILES string of the molecule is Cc1nc2c(s1)CCCC2NC(=O)Cc1ccc(O)c(F)c1. The van der Waals surface area contributed by atoms with Crippen molar-refractivity contribution in [1.29, 1.82) is 0 Å². The minimum atomic E-state index is -0.708. The van der Waals surface area contributed by atoms with Crippen LogP contribution in [0.3, 0.4) is 0 Å². The molecule has 1 atom stereocenters. The number of fused-ring (bicyclic) bond motifs is 1. The van der Waals surface area contributed by atoms with E-state index in [1.807, 2.05) is 6.92 Å². The van der Waals surface area contributed by atoms with Crippen molar-refractivity contribution in [3.63, 3.8) is 0 Å². The van der Waals surface area contributed by atoms with Crippen LogP contribution in [-0.2, 0) is 17.6 Å². The molecule has 1 amide bonds. The lowest BCUT2D eigenvalue weighted by Crippen LogP contribution is -2.32. The predicted molar refractivity (Wildman–Crippen MR) is 82.4 cm³/mol. The first-order chi connectivity index (χ1) is 10.5. The molecule has 0 aliphatic heterocycles. The Bertz CT molecular complexity index is 714. The third-order valence-electron chi connectivity index (χ3n) is 3.77. The van der Waals surface area contributed by atoms with Gasteiger partial charge in [0.1, 0.15) is 0 Å². The van der Waals surface area contributed by atoms with Crippen LogP contribution in [0.15, 0.2) is 18.2 Å². The first kappa shape index (κ1) is 15.0. The van der Waals surface area contributed by atoms with E-state index in [4.69, 9.17) is 5.11 Å². The van der Waals surface area contributed by atoms with Crippen LogP contribution in [0, 0.1) is 12.7 Å². The molecule has 0 radical (unpaired) electrons. The van der Waals surface area contributed by atoms with Crippen LogP contribution in [0.5, 0.6) is 5.75 Å². The first-order valence-corrected chi connectivity index (χ1v) is 8.07. The Labute approximate surface area is 132 Å². The van der Waals surface area contributed by atoms with E-state index in [0.29, 0.717) is 5.56 Å². The van der Waals surface area contributed by atoms with E-state index in [9.17, 15) is 9.18 Å². The van der Waals surface area contributed by atoms with Crippen LogP contribution in [0.25, 0.3) is 0 Å². The number of nitrogens with one attached hydrogen (secondary N) is 1. The molecule has 1 aliphatic carbocycles. The molecule has 1 heterocycles. The van der Waals surface area contributed by atoms with Gasteiger partial charge < -0.3 is 10.4 Å². The molecule has 4 nitrogen and oxygen atoms in total. The van der Waals surface area contributed by atoms with Gasteiger partial charge in [0.2, 0.25) is 5.91 Å². The summed E-state index contributed by atoms with van der Waals surface area (Å²) < 4.78 is 13.3. The number of carbonyl (C=O) groups is 1. The topological polar surface area (TPSA) is 62.2 Å². The van der Waals surface area contributed by atoms with Crippen LogP contribution >= 0.6 is 11.3 Å². The molecule has 0 fully saturated rings. The molecule has 6 heteroatoms. The standard InChI is InChI=1S/C16H17FN2O2S/c1-9-18-16-12(3-2-4-14(16)22-9)19-15(21)8-10-5-6-13(20)11(17)7-10/h5-7,12,20H,2-4,8H2,1H3,(H,19,21). The fraction of sp³-hybridized carbons (Fsp3) is 0.375. The number of phenols is 1. The zero-order chi connectivity index (χ0) is 15.7. The Morgan fingerprint density at radius 2 is 2.36 bits per heavy atom. The van der Waals surface area contributed by atoms with Gasteiger partial charge in [-0.3, -0.25) is 4.79 Å². The van der Waals surface area contributed by atoms with Crippen molar-refractivity contribution in [2.45, 2.75) is 38.6 Å². The van der Waals surface area contributed by atoms with Gasteiger partial charge in [0.25, 0.3) is 0 Å². The number of nitrogens with zero attached hydrogens (tertiary/aromatic N) is 1. The van der Waals surface area contributed by atoms with E-state index < -0.39 is 11.6 Å². The van der Waals surface area contributed by atoms with Crippen LogP contribution in [0.4, 0.5) is 4.39 Å². The summed E-state index contributed by atoms with van der Waals surface area (Å²) in [7, 11) is 0. The fourth-order valence-electron chi connectivity index (χ4n) is 2.77. The average Bonchev–Trinajstić information content (AvgIpc) is 2.84. The van der Waals surface area contributed by atoms with Crippen molar-refractivity contribution in [1.82, 2.24) is 10.3 Å². The van der Waals surface area contributed by atoms with Crippen molar-refractivity contribution in [3.8, 4) is 5.75 Å². The monoisotopic (exact) mass is 320 g/mol. The number of phenolic OH excluding ortho intramolecular Hbond substituents is 1. The molecular weight excluding hydrogens is 303 g/mol. The minimum Gasteiger partial charge on any atom is -0.505 e. The Kier molecular flexibility index (Phi) is 4.11. The summed E-state index contributed by atoms with van der Waals surface area (Å²) in [4.78, 5) is 18.0. The van der Waals surface area contributed by atoms with E-state index in [-0.39, 0.29) is 18.4 Å². The lowest BCUT2D eigenvalue weighted by atomic mass is 9.97. The van der Waals surface area contributed by atoms with E-state index in [1.54, 1.807) is 17.4 Å². The molecule has 116 valence electrons. The lowest BCUT2D eigenvalue weighted by Gasteiger charge is -2.22. The zero-order valence-corrected chi connectivity index (χ0v) is 13.0. The molecule has 1 unspecified atom stereocenters. The van der Waals surface area contributed by atoms with Crippen LogP contribution < -0.4 is 5.32 Å². The number of halogens is 1. The highest BCUT2D eigenvalue weighted by Crippen LogP contribution is 2.33. The highest BCUT2D eigenvalue weighted by atomic mass is 32.1. The number of thiazole rings is 1. The van der Waals surface area contributed by atoms with E-state index in [1.165, 1.54) is 17.0 Å². The van der Waals surface area contributed by atoms with Gasteiger partial charge in [0.15, 0.2) is 11.6 Å². The third-order valence-corrected chi connectivity index (χ3v) is 4.82. The molecule has 2 aromatic rings. The van der Waals surface area contributed by atoms with Gasteiger partial charge in [0, 0.05) is 4.88 Å². The number of hydrogen-bond donors (Lipinski definition) is 2. The third kappa shape index (κ3) is 3.11. The van der Waals surface area contributed by atoms with Crippen LogP contribution in [0.2, 0.25) is 0 Å². The van der Waals surface area contributed by atoms with Gasteiger partial charge >= 0.3 is 0 Å². The zero-order valence-electron chi connectivity index (χ0n) is 12.2. The van der Waals surface area contributed by atoms with E-state index in [0.717, 1.165) is 30.0 Å². The summed E-state index contributed by atoms with van der Waals surface area (Å²) in [6.45, 7) is 1.97. The van der Waals surface area contributed by atoms with Gasteiger partial charge in [-0.25, -0.2) is 9.37 Å². The van der Waals surface area contributed by atoms with Gasteiger partial charge in [-0.15, -0.1) is 11.3 Å². The molecule has 1 aromatic heterocycles. The summed E-state index contributed by atoms with van der Waals surface area (Å²) in [5, 5.41) is 13.2. The number of rotatable bonds is 3. The molecule has 2 N–H and O–H groups in total. The molecule has 0 bridgehead atoms. The van der Waals surface area contributed by atoms with Crippen molar-refractivity contribution < 1.29 is 14.3 Å². The van der Waals surface area contributed by atoms with Crippen molar-refractivity contribution in [2.24, 2.45) is 0 Å². The van der Waals surface area contributed by atoms with Gasteiger partial charge in [-0.2, -0.15) is 0 Å².